The molecule has 1 atom stereocenters. The standard InChI is InChI=1S/C20H19NO5/c1-26-15-9-7-14(8-10-15)18(23)16-17(13-5-3-2-4-6-13)21(11-12-22)20(25)19(16)24/h2-10,17,22-23H,11-12H2,1H3/t17-/m1/s1. The maximum Gasteiger partial charge on any atom is 0.295 e. The molecule has 3 rings (SSSR count). The van der Waals surface area contributed by atoms with Crippen LogP contribution in [0.4, 0.5) is 0 Å². The van der Waals surface area contributed by atoms with E-state index in [4.69, 9.17) is 4.74 Å². The Bertz CT molecular complexity index is 842. The van der Waals surface area contributed by atoms with E-state index in [0.29, 0.717) is 16.9 Å². The van der Waals surface area contributed by atoms with Crippen LogP contribution >= 0.6 is 0 Å². The van der Waals surface area contributed by atoms with Crippen molar-refractivity contribution in [2.75, 3.05) is 20.3 Å². The van der Waals surface area contributed by atoms with Gasteiger partial charge < -0.3 is 19.8 Å². The average Bonchev–Trinajstić information content (AvgIpc) is 2.93. The molecule has 1 aliphatic rings. The largest absolute Gasteiger partial charge is 0.507 e. The van der Waals surface area contributed by atoms with E-state index in [1.54, 1.807) is 48.5 Å². The normalized spacial score (nSPS) is 19.0. The highest BCUT2D eigenvalue weighted by Crippen LogP contribution is 2.39. The third kappa shape index (κ3) is 3.07. The Morgan fingerprint density at radius 3 is 2.31 bits per heavy atom. The second kappa shape index (κ2) is 7.41. The molecule has 2 aromatic rings. The van der Waals surface area contributed by atoms with Crippen LogP contribution in [0.5, 0.6) is 5.75 Å². The summed E-state index contributed by atoms with van der Waals surface area (Å²) in [7, 11) is 1.53. The number of Topliss-reactive ketones (excluding diaryl/α,β-unsaturated/α-hetero) is 1. The van der Waals surface area contributed by atoms with Crippen molar-refractivity contribution in [1.82, 2.24) is 4.90 Å². The average molecular weight is 353 g/mol. The smallest absolute Gasteiger partial charge is 0.295 e. The minimum absolute atomic E-state index is 0.00350. The maximum absolute atomic E-state index is 12.6. The van der Waals surface area contributed by atoms with Gasteiger partial charge in [0, 0.05) is 12.1 Å². The minimum atomic E-state index is -0.763. The first-order chi connectivity index (χ1) is 12.6. The number of hydrogen-bond acceptors (Lipinski definition) is 5. The molecule has 1 fully saturated rings. The molecule has 0 spiro atoms. The third-order valence-electron chi connectivity index (χ3n) is 4.36. The Balaban J connectivity index is 2.14. The number of nitrogens with zero attached hydrogens (tertiary/aromatic N) is 1. The van der Waals surface area contributed by atoms with Crippen molar-refractivity contribution < 1.29 is 24.5 Å². The third-order valence-corrected chi connectivity index (χ3v) is 4.36. The number of aliphatic hydroxyl groups excluding tert-OH is 2. The number of likely N-dealkylation sites (tertiary alicyclic amines) is 1. The van der Waals surface area contributed by atoms with Crippen LogP contribution in [-0.2, 0) is 9.59 Å². The zero-order chi connectivity index (χ0) is 18.7. The van der Waals surface area contributed by atoms with Crippen molar-refractivity contribution >= 4 is 17.4 Å². The van der Waals surface area contributed by atoms with E-state index in [0.717, 1.165) is 0 Å². The maximum atomic E-state index is 12.6. The first-order valence-electron chi connectivity index (χ1n) is 8.17. The van der Waals surface area contributed by atoms with Crippen LogP contribution in [0.2, 0.25) is 0 Å². The van der Waals surface area contributed by atoms with Crippen LogP contribution in [0.15, 0.2) is 60.2 Å². The molecule has 2 N–H and O–H groups in total. The Morgan fingerprint density at radius 1 is 1.08 bits per heavy atom. The summed E-state index contributed by atoms with van der Waals surface area (Å²) in [6.45, 7) is -0.275. The van der Waals surface area contributed by atoms with E-state index in [2.05, 4.69) is 0 Å². The van der Waals surface area contributed by atoms with E-state index < -0.39 is 17.7 Å². The molecule has 6 nitrogen and oxygen atoms in total. The lowest BCUT2D eigenvalue weighted by molar-refractivity contribution is -0.140. The molecule has 1 aliphatic heterocycles. The molecule has 6 heteroatoms. The minimum Gasteiger partial charge on any atom is -0.507 e. The molecule has 1 saturated heterocycles. The van der Waals surface area contributed by atoms with Gasteiger partial charge in [-0.3, -0.25) is 9.59 Å². The lowest BCUT2D eigenvalue weighted by atomic mass is 9.95. The van der Waals surface area contributed by atoms with Gasteiger partial charge in [-0.05, 0) is 29.8 Å². The van der Waals surface area contributed by atoms with Gasteiger partial charge in [-0.25, -0.2) is 0 Å². The summed E-state index contributed by atoms with van der Waals surface area (Å²) in [5.74, 6) is -1.13. The van der Waals surface area contributed by atoms with Gasteiger partial charge in [-0.1, -0.05) is 30.3 Å². The highest BCUT2D eigenvalue weighted by molar-refractivity contribution is 6.46. The second-order valence-corrected chi connectivity index (χ2v) is 5.86. The number of rotatable bonds is 5. The monoisotopic (exact) mass is 353 g/mol. The summed E-state index contributed by atoms with van der Waals surface area (Å²) in [5.41, 5.74) is 1.11. The highest BCUT2D eigenvalue weighted by atomic mass is 16.5. The first-order valence-corrected chi connectivity index (χ1v) is 8.17. The van der Waals surface area contributed by atoms with E-state index in [1.807, 2.05) is 6.07 Å². The fourth-order valence-corrected chi connectivity index (χ4v) is 3.10. The zero-order valence-corrected chi connectivity index (χ0v) is 14.3. The molecular weight excluding hydrogens is 334 g/mol. The first kappa shape index (κ1) is 17.7. The van der Waals surface area contributed by atoms with Crippen LogP contribution in [0.1, 0.15) is 17.2 Å². The lowest BCUT2D eigenvalue weighted by Gasteiger charge is -2.24. The SMILES string of the molecule is COc1ccc(C(O)=C2C(=O)C(=O)N(CCO)[C@@H]2c2ccccc2)cc1. The number of carbonyl (C=O) groups is 2. The van der Waals surface area contributed by atoms with Crippen LogP contribution in [0.25, 0.3) is 5.76 Å². The van der Waals surface area contributed by atoms with Crippen LogP contribution < -0.4 is 4.74 Å². The number of amides is 1. The second-order valence-electron chi connectivity index (χ2n) is 5.86. The summed E-state index contributed by atoms with van der Waals surface area (Å²) < 4.78 is 5.10. The summed E-state index contributed by atoms with van der Waals surface area (Å²) in [4.78, 5) is 26.3. The predicted molar refractivity (Wildman–Crippen MR) is 95.5 cm³/mol. The number of benzene rings is 2. The Hall–Kier alpha value is -3.12. The number of aliphatic hydroxyl groups is 2. The summed E-state index contributed by atoms with van der Waals surface area (Å²) >= 11 is 0. The van der Waals surface area contributed by atoms with Crippen molar-refractivity contribution in [2.45, 2.75) is 6.04 Å². The van der Waals surface area contributed by atoms with Crippen molar-refractivity contribution in [3.05, 3.63) is 71.3 Å². The number of hydrogen-bond donors (Lipinski definition) is 2. The number of ketones is 1. The molecule has 0 saturated carbocycles. The molecule has 0 unspecified atom stereocenters. The molecule has 134 valence electrons. The quantitative estimate of drug-likeness (QED) is 0.488. The van der Waals surface area contributed by atoms with Crippen LogP contribution in [-0.4, -0.2) is 47.1 Å². The summed E-state index contributed by atoms with van der Waals surface area (Å²) in [6, 6.07) is 14.8. The number of ether oxygens (including phenoxy) is 1. The van der Waals surface area contributed by atoms with E-state index in [-0.39, 0.29) is 24.5 Å². The van der Waals surface area contributed by atoms with Crippen molar-refractivity contribution in [3.63, 3.8) is 0 Å². The van der Waals surface area contributed by atoms with Gasteiger partial charge in [-0.15, -0.1) is 0 Å². The van der Waals surface area contributed by atoms with Crippen molar-refractivity contribution in [3.8, 4) is 5.75 Å². The van der Waals surface area contributed by atoms with E-state index >= 15 is 0 Å². The zero-order valence-electron chi connectivity index (χ0n) is 14.3. The predicted octanol–water partition coefficient (Wildman–Crippen LogP) is 2.11. The molecule has 0 aliphatic carbocycles. The molecule has 1 heterocycles. The number of carbonyl (C=O) groups excluding carboxylic acids is 2. The molecule has 0 bridgehead atoms. The molecule has 0 radical (unpaired) electrons. The van der Waals surface area contributed by atoms with Crippen molar-refractivity contribution in [2.24, 2.45) is 0 Å². The number of β-amino-alcohol motifs (C(OH)–C–C–N with tert-alkyl or cyclic N) is 1. The van der Waals surface area contributed by atoms with E-state index in [9.17, 15) is 19.8 Å². The van der Waals surface area contributed by atoms with E-state index in [1.165, 1.54) is 12.0 Å². The molecule has 26 heavy (non-hydrogen) atoms. The van der Waals surface area contributed by atoms with Gasteiger partial charge in [-0.2, -0.15) is 0 Å². The fourth-order valence-electron chi connectivity index (χ4n) is 3.10. The van der Waals surface area contributed by atoms with Gasteiger partial charge in [0.1, 0.15) is 11.5 Å². The molecule has 0 aromatic heterocycles. The van der Waals surface area contributed by atoms with Crippen LogP contribution in [0, 0.1) is 0 Å². The fraction of sp³-hybridized carbons (Fsp3) is 0.200. The van der Waals surface area contributed by atoms with Crippen molar-refractivity contribution in [1.29, 1.82) is 0 Å². The molecular formula is C20H19NO5. The van der Waals surface area contributed by atoms with Gasteiger partial charge >= 0.3 is 0 Å². The van der Waals surface area contributed by atoms with Gasteiger partial charge in [0.2, 0.25) is 0 Å². The molecule has 2 aromatic carbocycles. The van der Waals surface area contributed by atoms with Crippen LogP contribution in [0.3, 0.4) is 0 Å². The topological polar surface area (TPSA) is 87.1 Å². The number of methoxy groups -OCH3 is 1. The lowest BCUT2D eigenvalue weighted by Crippen LogP contribution is -2.32. The van der Waals surface area contributed by atoms with Gasteiger partial charge in [0.15, 0.2) is 0 Å². The Kier molecular flexibility index (Phi) is 5.04. The van der Waals surface area contributed by atoms with Gasteiger partial charge in [0.25, 0.3) is 11.7 Å². The molecule has 1 amide bonds. The Labute approximate surface area is 150 Å². The summed E-state index contributed by atoms with van der Waals surface area (Å²) in [6.07, 6.45) is 0. The van der Waals surface area contributed by atoms with Gasteiger partial charge in [0.05, 0.1) is 25.3 Å². The summed E-state index contributed by atoms with van der Waals surface area (Å²) in [5, 5.41) is 20.1. The Morgan fingerprint density at radius 2 is 1.73 bits per heavy atom. The highest BCUT2D eigenvalue weighted by Gasteiger charge is 2.45.